The molecule has 0 saturated heterocycles. The van der Waals surface area contributed by atoms with Gasteiger partial charge in [0.2, 0.25) is 0 Å². The van der Waals surface area contributed by atoms with Crippen LogP contribution in [0.1, 0.15) is 0 Å². The largest absolute Gasteiger partial charge is 0.294 e. The second kappa shape index (κ2) is 4.45. The van der Waals surface area contributed by atoms with E-state index in [9.17, 15) is 4.39 Å². The normalized spacial score (nSPS) is 10.9. The van der Waals surface area contributed by atoms with Gasteiger partial charge in [-0.3, -0.25) is 15.1 Å². The first kappa shape index (κ1) is 11.8. The number of rotatable bonds is 2. The SMILES string of the molecule is ONc1cnc(-c2cnc3ccc(F)cn23)nc1Cl. The van der Waals surface area contributed by atoms with Crippen LogP contribution in [0.25, 0.3) is 17.2 Å². The third-order valence-corrected chi connectivity index (χ3v) is 2.85. The van der Waals surface area contributed by atoms with Gasteiger partial charge in [-0.1, -0.05) is 11.6 Å². The van der Waals surface area contributed by atoms with E-state index in [0.717, 1.165) is 0 Å². The molecule has 3 aromatic rings. The fourth-order valence-corrected chi connectivity index (χ4v) is 1.85. The van der Waals surface area contributed by atoms with Gasteiger partial charge >= 0.3 is 0 Å². The van der Waals surface area contributed by atoms with Crippen molar-refractivity contribution in [2.45, 2.75) is 0 Å². The van der Waals surface area contributed by atoms with E-state index in [1.807, 2.05) is 5.48 Å². The average Bonchev–Trinajstić information content (AvgIpc) is 2.81. The van der Waals surface area contributed by atoms with Crippen LogP contribution in [-0.2, 0) is 0 Å². The van der Waals surface area contributed by atoms with E-state index in [4.69, 9.17) is 16.8 Å². The van der Waals surface area contributed by atoms with Crippen LogP contribution in [0.2, 0.25) is 5.15 Å². The number of halogens is 2. The van der Waals surface area contributed by atoms with Crippen LogP contribution in [0.4, 0.5) is 10.1 Å². The molecule has 0 radical (unpaired) electrons. The molecule has 0 aromatic carbocycles. The molecule has 19 heavy (non-hydrogen) atoms. The number of fused-ring (bicyclic) bond motifs is 1. The van der Waals surface area contributed by atoms with Gasteiger partial charge in [-0.25, -0.2) is 19.3 Å². The molecule has 3 rings (SSSR count). The van der Waals surface area contributed by atoms with Crippen LogP contribution in [0.5, 0.6) is 0 Å². The van der Waals surface area contributed by atoms with Gasteiger partial charge in [0, 0.05) is 6.20 Å². The maximum atomic E-state index is 13.2. The second-order valence-corrected chi connectivity index (χ2v) is 4.09. The van der Waals surface area contributed by atoms with Gasteiger partial charge < -0.3 is 0 Å². The summed E-state index contributed by atoms with van der Waals surface area (Å²) in [5.41, 5.74) is 3.13. The van der Waals surface area contributed by atoms with Gasteiger partial charge in [0.05, 0.1) is 12.4 Å². The Kier molecular flexibility index (Phi) is 2.77. The number of nitrogens with zero attached hydrogens (tertiary/aromatic N) is 4. The maximum Gasteiger partial charge on any atom is 0.179 e. The molecule has 0 amide bonds. The molecular weight excluding hydrogens is 273 g/mol. The van der Waals surface area contributed by atoms with E-state index in [2.05, 4.69) is 15.0 Å². The molecule has 8 heteroatoms. The molecule has 0 atom stereocenters. The van der Waals surface area contributed by atoms with Crippen molar-refractivity contribution in [1.29, 1.82) is 0 Å². The third-order valence-electron chi connectivity index (χ3n) is 2.56. The van der Waals surface area contributed by atoms with E-state index in [1.54, 1.807) is 6.07 Å². The van der Waals surface area contributed by atoms with Crippen LogP contribution < -0.4 is 5.48 Å². The standard InChI is InChI=1S/C11H7ClFN5O/c12-10-7(17-19)3-15-11(16-10)8-4-14-9-2-1-6(13)5-18(8)9/h1-5,17,19H. The minimum absolute atomic E-state index is 0.0545. The van der Waals surface area contributed by atoms with Crippen LogP contribution in [0.3, 0.4) is 0 Å². The van der Waals surface area contributed by atoms with Gasteiger partial charge in [-0.05, 0) is 12.1 Å². The van der Waals surface area contributed by atoms with Crippen molar-refractivity contribution in [2.24, 2.45) is 0 Å². The molecule has 0 aliphatic carbocycles. The Labute approximate surface area is 111 Å². The smallest absolute Gasteiger partial charge is 0.179 e. The Bertz CT molecular complexity index is 760. The molecule has 0 bridgehead atoms. The van der Waals surface area contributed by atoms with E-state index in [-0.39, 0.29) is 16.7 Å². The number of pyridine rings is 1. The predicted molar refractivity (Wildman–Crippen MR) is 66.6 cm³/mol. The Morgan fingerprint density at radius 3 is 2.84 bits per heavy atom. The topological polar surface area (TPSA) is 75.3 Å². The maximum absolute atomic E-state index is 13.2. The molecule has 0 aliphatic heterocycles. The average molecular weight is 280 g/mol. The van der Waals surface area contributed by atoms with Gasteiger partial charge in [0.15, 0.2) is 11.0 Å². The molecule has 0 fully saturated rings. The summed E-state index contributed by atoms with van der Waals surface area (Å²) in [5, 5.41) is 8.82. The van der Waals surface area contributed by atoms with Crippen molar-refractivity contribution in [3.8, 4) is 11.5 Å². The summed E-state index contributed by atoms with van der Waals surface area (Å²) < 4.78 is 14.8. The van der Waals surface area contributed by atoms with Crippen molar-refractivity contribution in [3.63, 3.8) is 0 Å². The minimum atomic E-state index is -0.397. The fourth-order valence-electron chi connectivity index (χ4n) is 1.68. The van der Waals surface area contributed by atoms with Gasteiger partial charge in [-0.15, -0.1) is 0 Å². The highest BCUT2D eigenvalue weighted by Crippen LogP contribution is 2.23. The van der Waals surface area contributed by atoms with Crippen LogP contribution in [0, 0.1) is 5.82 Å². The Morgan fingerprint density at radius 2 is 2.11 bits per heavy atom. The number of nitrogens with one attached hydrogen (secondary N) is 1. The molecule has 0 spiro atoms. The zero-order valence-electron chi connectivity index (χ0n) is 9.38. The van der Waals surface area contributed by atoms with E-state index in [1.165, 1.54) is 29.1 Å². The predicted octanol–water partition coefficient (Wildman–Crippen LogP) is 2.38. The van der Waals surface area contributed by atoms with Crippen molar-refractivity contribution in [2.75, 3.05) is 5.48 Å². The monoisotopic (exact) mass is 279 g/mol. The number of anilines is 1. The number of imidazole rings is 1. The summed E-state index contributed by atoms with van der Waals surface area (Å²) in [6.07, 6.45) is 4.13. The number of hydrogen-bond acceptors (Lipinski definition) is 5. The van der Waals surface area contributed by atoms with Crippen LogP contribution >= 0.6 is 11.6 Å². The van der Waals surface area contributed by atoms with Crippen molar-refractivity contribution >= 4 is 22.9 Å². The molecule has 3 heterocycles. The Morgan fingerprint density at radius 1 is 1.26 bits per heavy atom. The first-order chi connectivity index (χ1) is 9.19. The highest BCUT2D eigenvalue weighted by molar-refractivity contribution is 6.31. The Hall–Kier alpha value is -2.25. The van der Waals surface area contributed by atoms with Gasteiger partial charge in [0.25, 0.3) is 0 Å². The van der Waals surface area contributed by atoms with Crippen molar-refractivity contribution in [1.82, 2.24) is 19.4 Å². The number of hydrogen-bond donors (Lipinski definition) is 2. The molecule has 0 unspecified atom stereocenters. The van der Waals surface area contributed by atoms with Crippen LogP contribution in [-0.4, -0.2) is 24.6 Å². The molecule has 3 aromatic heterocycles. The summed E-state index contributed by atoms with van der Waals surface area (Å²) in [5.74, 6) is -0.117. The van der Waals surface area contributed by atoms with Crippen LogP contribution in [0.15, 0.2) is 30.7 Å². The van der Waals surface area contributed by atoms with Crippen molar-refractivity contribution in [3.05, 3.63) is 41.7 Å². The second-order valence-electron chi connectivity index (χ2n) is 3.73. The molecule has 0 aliphatic rings. The van der Waals surface area contributed by atoms with E-state index < -0.39 is 5.82 Å². The molecule has 96 valence electrons. The Balaban J connectivity index is 2.18. The van der Waals surface area contributed by atoms with E-state index in [0.29, 0.717) is 11.3 Å². The van der Waals surface area contributed by atoms with Gasteiger partial charge in [0.1, 0.15) is 22.8 Å². The lowest BCUT2D eigenvalue weighted by Crippen LogP contribution is -1.98. The fraction of sp³-hybridized carbons (Fsp3) is 0. The highest BCUT2D eigenvalue weighted by atomic mass is 35.5. The molecule has 0 saturated carbocycles. The molecule has 2 N–H and O–H groups in total. The van der Waals surface area contributed by atoms with Crippen molar-refractivity contribution < 1.29 is 9.60 Å². The first-order valence-corrected chi connectivity index (χ1v) is 5.62. The lowest BCUT2D eigenvalue weighted by molar-refractivity contribution is 0.388. The summed E-state index contributed by atoms with van der Waals surface area (Å²) >= 11 is 5.85. The molecule has 6 nitrogen and oxygen atoms in total. The quantitative estimate of drug-likeness (QED) is 0.556. The summed E-state index contributed by atoms with van der Waals surface area (Å²) in [4.78, 5) is 12.2. The minimum Gasteiger partial charge on any atom is -0.294 e. The zero-order chi connectivity index (χ0) is 13.4. The zero-order valence-corrected chi connectivity index (χ0v) is 10.1. The van der Waals surface area contributed by atoms with E-state index >= 15 is 0 Å². The first-order valence-electron chi connectivity index (χ1n) is 5.24. The lowest BCUT2D eigenvalue weighted by atomic mass is 10.4. The summed E-state index contributed by atoms with van der Waals surface area (Å²) in [6, 6.07) is 2.86. The van der Waals surface area contributed by atoms with Gasteiger partial charge in [-0.2, -0.15) is 0 Å². The highest BCUT2D eigenvalue weighted by Gasteiger charge is 2.11. The summed E-state index contributed by atoms with van der Waals surface area (Å²) in [6.45, 7) is 0. The lowest BCUT2D eigenvalue weighted by Gasteiger charge is -2.04. The summed E-state index contributed by atoms with van der Waals surface area (Å²) in [7, 11) is 0. The number of aromatic nitrogens is 4. The molecular formula is C11H7ClFN5O. The third kappa shape index (κ3) is 1.98.